The Morgan fingerprint density at radius 3 is 1.50 bits per heavy atom. The highest BCUT2D eigenvalue weighted by Gasteiger charge is 2.54. The summed E-state index contributed by atoms with van der Waals surface area (Å²) >= 11 is 0. The maximum atomic E-state index is 11.8. The Morgan fingerprint density at radius 1 is 0.875 bits per heavy atom. The fourth-order valence-electron chi connectivity index (χ4n) is 2.57. The van der Waals surface area contributed by atoms with Gasteiger partial charge in [-0.25, -0.2) is 0 Å². The quantitative estimate of drug-likeness (QED) is 0.619. The standard InChI is InChI=1S/C11H15N3O2/c1-10(2)6-7(11(3,4)14(10)5)9(16)13-12-8(6)15/h1-5H3. The van der Waals surface area contributed by atoms with E-state index in [-0.39, 0.29) is 0 Å². The van der Waals surface area contributed by atoms with Crippen molar-refractivity contribution in [1.29, 1.82) is 0 Å². The smallest absolute Gasteiger partial charge is 0.288 e. The molecule has 0 saturated heterocycles. The molecule has 5 heteroatoms. The van der Waals surface area contributed by atoms with Crippen LogP contribution in [0.1, 0.15) is 27.7 Å². The average Bonchev–Trinajstić information content (AvgIpc) is 2.32. The third-order valence-electron chi connectivity index (χ3n) is 3.81. The van der Waals surface area contributed by atoms with Crippen LogP contribution in [0, 0.1) is 0 Å². The number of carbonyl (C=O) groups excluding carboxylic acids is 2. The van der Waals surface area contributed by atoms with Crippen LogP contribution in [0.5, 0.6) is 0 Å². The lowest BCUT2D eigenvalue weighted by Crippen LogP contribution is -2.48. The van der Waals surface area contributed by atoms with E-state index in [1.54, 1.807) is 0 Å². The van der Waals surface area contributed by atoms with Crippen molar-refractivity contribution in [3.8, 4) is 0 Å². The van der Waals surface area contributed by atoms with Crippen molar-refractivity contribution >= 4 is 11.8 Å². The summed E-state index contributed by atoms with van der Waals surface area (Å²) in [7, 11) is 1.90. The van der Waals surface area contributed by atoms with Crippen molar-refractivity contribution in [3.05, 3.63) is 11.1 Å². The Bertz CT molecular complexity index is 418. The largest absolute Gasteiger partial charge is 0.293 e. The van der Waals surface area contributed by atoms with Crippen molar-refractivity contribution in [2.24, 2.45) is 10.2 Å². The minimum atomic E-state index is -0.481. The Morgan fingerprint density at radius 2 is 1.19 bits per heavy atom. The van der Waals surface area contributed by atoms with E-state index in [4.69, 9.17) is 0 Å². The van der Waals surface area contributed by atoms with Crippen LogP contribution in [-0.2, 0) is 9.59 Å². The predicted molar refractivity (Wildman–Crippen MR) is 57.8 cm³/mol. The third-order valence-corrected chi connectivity index (χ3v) is 3.81. The highest BCUT2D eigenvalue weighted by Crippen LogP contribution is 2.46. The first-order valence-corrected chi connectivity index (χ1v) is 5.20. The first-order valence-electron chi connectivity index (χ1n) is 5.20. The van der Waals surface area contributed by atoms with Gasteiger partial charge in [0.15, 0.2) is 0 Å². The summed E-state index contributed by atoms with van der Waals surface area (Å²) in [5, 5.41) is 6.80. The van der Waals surface area contributed by atoms with Gasteiger partial charge in [-0.3, -0.25) is 14.5 Å². The molecular formula is C11H15N3O2. The first kappa shape index (κ1) is 11.1. The lowest BCUT2D eigenvalue weighted by atomic mass is 9.89. The van der Waals surface area contributed by atoms with E-state index in [1.165, 1.54) is 0 Å². The van der Waals surface area contributed by atoms with Crippen LogP contribution in [0.25, 0.3) is 0 Å². The van der Waals surface area contributed by atoms with Gasteiger partial charge in [-0.15, -0.1) is 10.2 Å². The molecule has 0 unspecified atom stereocenters. The molecule has 0 fully saturated rings. The molecule has 0 radical (unpaired) electrons. The van der Waals surface area contributed by atoms with Crippen molar-refractivity contribution < 1.29 is 9.59 Å². The summed E-state index contributed by atoms with van der Waals surface area (Å²) < 4.78 is 0. The van der Waals surface area contributed by atoms with Gasteiger partial charge in [-0.05, 0) is 34.7 Å². The van der Waals surface area contributed by atoms with E-state index >= 15 is 0 Å². The number of hydrogen-bond acceptors (Lipinski definition) is 3. The molecule has 5 nitrogen and oxygen atoms in total. The average molecular weight is 221 g/mol. The van der Waals surface area contributed by atoms with Crippen LogP contribution in [0.4, 0.5) is 0 Å². The predicted octanol–water partition coefficient (Wildman–Crippen LogP) is 1.30. The Labute approximate surface area is 94.2 Å². The number of carbonyl (C=O) groups is 2. The van der Waals surface area contributed by atoms with Gasteiger partial charge >= 0.3 is 0 Å². The molecule has 0 aliphatic carbocycles. The first-order chi connectivity index (χ1) is 7.20. The van der Waals surface area contributed by atoms with E-state index in [0.717, 1.165) is 0 Å². The van der Waals surface area contributed by atoms with Crippen LogP contribution in [0.15, 0.2) is 21.4 Å². The number of amides is 2. The number of hydrogen-bond donors (Lipinski definition) is 0. The van der Waals surface area contributed by atoms with Gasteiger partial charge in [0.05, 0.1) is 11.1 Å². The van der Waals surface area contributed by atoms with E-state index in [9.17, 15) is 9.59 Å². The molecule has 2 aliphatic rings. The molecule has 0 bridgehead atoms. The monoisotopic (exact) mass is 221 g/mol. The Kier molecular flexibility index (Phi) is 1.99. The molecule has 0 aromatic rings. The SMILES string of the molecule is CN1C(C)(C)C2=C(C(=O)N=NC2=O)C1(C)C. The second-order valence-electron chi connectivity index (χ2n) is 5.24. The van der Waals surface area contributed by atoms with E-state index in [2.05, 4.69) is 10.2 Å². The second kappa shape index (κ2) is 2.85. The summed E-state index contributed by atoms with van der Waals surface area (Å²) in [5.74, 6) is -0.783. The second-order valence-corrected chi connectivity index (χ2v) is 5.24. The molecule has 0 spiro atoms. The molecule has 2 aliphatic heterocycles. The Hall–Kier alpha value is -1.36. The number of rotatable bonds is 0. The summed E-state index contributed by atoms with van der Waals surface area (Å²) in [6.07, 6.45) is 0. The van der Waals surface area contributed by atoms with Crippen molar-refractivity contribution in [1.82, 2.24) is 4.90 Å². The number of nitrogens with zero attached hydrogens (tertiary/aromatic N) is 3. The third kappa shape index (κ3) is 1.09. The maximum absolute atomic E-state index is 11.8. The molecule has 0 aromatic carbocycles. The number of azo groups is 1. The lowest BCUT2D eigenvalue weighted by Gasteiger charge is -2.38. The van der Waals surface area contributed by atoms with E-state index in [1.807, 2.05) is 39.6 Å². The lowest BCUT2D eigenvalue weighted by molar-refractivity contribution is -0.120. The fourth-order valence-corrected chi connectivity index (χ4v) is 2.57. The Balaban J connectivity index is 2.72. The molecule has 0 N–H and O–H groups in total. The van der Waals surface area contributed by atoms with Crippen LogP contribution in [0.3, 0.4) is 0 Å². The molecule has 2 amide bonds. The summed E-state index contributed by atoms with van der Waals surface area (Å²) in [5.41, 5.74) is 0.00995. The topological polar surface area (TPSA) is 62.1 Å². The molecule has 16 heavy (non-hydrogen) atoms. The zero-order chi connectivity index (χ0) is 12.3. The number of likely N-dealkylation sites (N-methyl/N-ethyl adjacent to an activating group) is 1. The molecule has 0 atom stereocenters. The molecule has 2 heterocycles. The maximum Gasteiger partial charge on any atom is 0.293 e. The zero-order valence-electron chi connectivity index (χ0n) is 10.2. The van der Waals surface area contributed by atoms with Gasteiger partial charge in [-0.1, -0.05) is 0 Å². The van der Waals surface area contributed by atoms with Gasteiger partial charge in [0.1, 0.15) is 0 Å². The van der Waals surface area contributed by atoms with Crippen molar-refractivity contribution in [2.45, 2.75) is 38.8 Å². The van der Waals surface area contributed by atoms with E-state index < -0.39 is 22.9 Å². The highest BCUT2D eigenvalue weighted by molar-refractivity contribution is 6.12. The summed E-state index contributed by atoms with van der Waals surface area (Å²) in [4.78, 5) is 25.6. The highest BCUT2D eigenvalue weighted by atomic mass is 16.2. The normalized spacial score (nSPS) is 27.6. The molecule has 2 rings (SSSR count). The molecule has 0 saturated carbocycles. The molecule has 86 valence electrons. The van der Waals surface area contributed by atoms with Crippen LogP contribution >= 0.6 is 0 Å². The molecule has 0 aromatic heterocycles. The van der Waals surface area contributed by atoms with Gasteiger partial charge in [0.2, 0.25) is 0 Å². The molecular weight excluding hydrogens is 206 g/mol. The minimum Gasteiger partial charge on any atom is -0.288 e. The van der Waals surface area contributed by atoms with Crippen molar-refractivity contribution in [3.63, 3.8) is 0 Å². The van der Waals surface area contributed by atoms with Gasteiger partial charge in [0, 0.05) is 11.1 Å². The van der Waals surface area contributed by atoms with E-state index in [0.29, 0.717) is 11.1 Å². The summed E-state index contributed by atoms with van der Waals surface area (Å²) in [6, 6.07) is 0. The van der Waals surface area contributed by atoms with Crippen molar-refractivity contribution in [2.75, 3.05) is 7.05 Å². The fraction of sp³-hybridized carbons (Fsp3) is 0.636. The van der Waals surface area contributed by atoms with Gasteiger partial charge in [-0.2, -0.15) is 0 Å². The summed E-state index contributed by atoms with van der Waals surface area (Å²) in [6.45, 7) is 7.68. The minimum absolute atomic E-state index is 0.392. The van der Waals surface area contributed by atoms with Gasteiger partial charge < -0.3 is 0 Å². The zero-order valence-corrected chi connectivity index (χ0v) is 10.2. The van der Waals surface area contributed by atoms with Crippen LogP contribution < -0.4 is 0 Å². The van der Waals surface area contributed by atoms with Crippen LogP contribution in [0.2, 0.25) is 0 Å². The van der Waals surface area contributed by atoms with Gasteiger partial charge in [0.25, 0.3) is 11.8 Å². The van der Waals surface area contributed by atoms with Crippen LogP contribution in [-0.4, -0.2) is 34.8 Å².